The summed E-state index contributed by atoms with van der Waals surface area (Å²) in [6, 6.07) is 6.87. The van der Waals surface area contributed by atoms with Gasteiger partial charge in [0.25, 0.3) is 0 Å². The van der Waals surface area contributed by atoms with Crippen LogP contribution in [0.15, 0.2) is 29.2 Å². The fourth-order valence-electron chi connectivity index (χ4n) is 1.93. The molecule has 1 aromatic rings. The van der Waals surface area contributed by atoms with Gasteiger partial charge in [-0.3, -0.25) is 4.79 Å². The van der Waals surface area contributed by atoms with Gasteiger partial charge in [0.05, 0.1) is 5.75 Å². The fraction of sp³-hybridized carbons (Fsp3) is 0.500. The lowest BCUT2D eigenvalue weighted by molar-refractivity contribution is -0.129. The predicted molar refractivity (Wildman–Crippen MR) is 72.1 cm³/mol. The van der Waals surface area contributed by atoms with E-state index < -0.39 is 0 Å². The monoisotopic (exact) mass is 267 g/mol. The van der Waals surface area contributed by atoms with E-state index in [4.69, 9.17) is 0 Å². The summed E-state index contributed by atoms with van der Waals surface area (Å²) in [6.45, 7) is 2.09. The largest absolute Gasteiger partial charge is 0.342 e. The van der Waals surface area contributed by atoms with Crippen molar-refractivity contribution in [3.63, 3.8) is 0 Å². The molecule has 0 saturated heterocycles. The lowest BCUT2D eigenvalue weighted by Crippen LogP contribution is -2.37. The van der Waals surface area contributed by atoms with Gasteiger partial charge < -0.3 is 4.90 Å². The maximum absolute atomic E-state index is 13.4. The highest BCUT2D eigenvalue weighted by Gasteiger charge is 2.32. The average Bonchev–Trinajstić information content (AvgIpc) is 3.20. The Bertz CT molecular complexity index is 434. The van der Waals surface area contributed by atoms with E-state index in [1.807, 2.05) is 7.05 Å². The molecule has 1 atom stereocenters. The average molecular weight is 267 g/mol. The van der Waals surface area contributed by atoms with E-state index >= 15 is 0 Å². The van der Waals surface area contributed by atoms with Gasteiger partial charge in [-0.2, -0.15) is 0 Å². The fourth-order valence-corrected chi connectivity index (χ4v) is 2.79. The number of rotatable bonds is 5. The number of benzene rings is 1. The lowest BCUT2D eigenvalue weighted by atomic mass is 10.2. The first-order valence-electron chi connectivity index (χ1n) is 6.22. The van der Waals surface area contributed by atoms with Crippen LogP contribution < -0.4 is 0 Å². The molecular formula is C14H18FNOS. The minimum atomic E-state index is -0.256. The third kappa shape index (κ3) is 3.25. The molecular weight excluding hydrogens is 249 g/mol. The number of nitrogens with zero attached hydrogens (tertiary/aromatic N) is 1. The first kappa shape index (κ1) is 13.4. The summed E-state index contributed by atoms with van der Waals surface area (Å²) in [5, 5.41) is 0. The number of carbonyl (C=O) groups excluding carboxylic acids is 1. The second-order valence-corrected chi connectivity index (χ2v) is 5.82. The molecule has 98 valence electrons. The molecule has 18 heavy (non-hydrogen) atoms. The van der Waals surface area contributed by atoms with Crippen LogP contribution in [0.25, 0.3) is 0 Å². The van der Waals surface area contributed by atoms with Crippen LogP contribution in [0.1, 0.15) is 19.8 Å². The van der Waals surface area contributed by atoms with Gasteiger partial charge in [-0.15, -0.1) is 11.8 Å². The Morgan fingerprint density at radius 3 is 2.78 bits per heavy atom. The second-order valence-electron chi connectivity index (χ2n) is 4.80. The van der Waals surface area contributed by atoms with E-state index in [-0.39, 0.29) is 11.7 Å². The highest BCUT2D eigenvalue weighted by Crippen LogP contribution is 2.35. The van der Waals surface area contributed by atoms with E-state index in [0.717, 1.165) is 0 Å². The van der Waals surface area contributed by atoms with Crippen molar-refractivity contribution >= 4 is 17.7 Å². The van der Waals surface area contributed by atoms with Gasteiger partial charge in [-0.1, -0.05) is 12.1 Å². The minimum Gasteiger partial charge on any atom is -0.342 e. The van der Waals surface area contributed by atoms with Crippen molar-refractivity contribution in [2.45, 2.75) is 30.7 Å². The molecule has 0 bridgehead atoms. The molecule has 0 spiro atoms. The molecule has 1 saturated carbocycles. The second kappa shape index (κ2) is 5.74. The minimum absolute atomic E-state index is 0.0719. The lowest BCUT2D eigenvalue weighted by Gasteiger charge is -2.24. The molecule has 4 heteroatoms. The normalized spacial score (nSPS) is 16.4. The molecule has 0 radical (unpaired) electrons. The number of hydrogen-bond donors (Lipinski definition) is 0. The summed E-state index contributed by atoms with van der Waals surface area (Å²) in [7, 11) is 1.84. The zero-order valence-electron chi connectivity index (χ0n) is 10.7. The Hall–Kier alpha value is -1.03. The van der Waals surface area contributed by atoms with Gasteiger partial charge >= 0.3 is 0 Å². The van der Waals surface area contributed by atoms with Crippen molar-refractivity contribution in [2.75, 3.05) is 12.8 Å². The first-order valence-corrected chi connectivity index (χ1v) is 7.21. The summed E-state index contributed by atoms with van der Waals surface area (Å²) < 4.78 is 13.4. The maximum atomic E-state index is 13.4. The van der Waals surface area contributed by atoms with Gasteiger partial charge in [-0.25, -0.2) is 4.39 Å². The van der Waals surface area contributed by atoms with Crippen molar-refractivity contribution in [3.8, 4) is 0 Å². The van der Waals surface area contributed by atoms with E-state index in [2.05, 4.69) is 6.92 Å². The molecule has 0 aromatic heterocycles. The molecule has 0 aliphatic heterocycles. The molecule has 1 amide bonds. The van der Waals surface area contributed by atoms with Crippen LogP contribution in [0.2, 0.25) is 0 Å². The Labute approximate surface area is 112 Å². The maximum Gasteiger partial charge on any atom is 0.232 e. The van der Waals surface area contributed by atoms with Crippen LogP contribution in [0.5, 0.6) is 0 Å². The Balaban J connectivity index is 1.86. The van der Waals surface area contributed by atoms with E-state index in [0.29, 0.717) is 22.6 Å². The molecule has 1 unspecified atom stereocenters. The molecule has 1 aromatic carbocycles. The highest BCUT2D eigenvalue weighted by atomic mass is 32.2. The quantitative estimate of drug-likeness (QED) is 0.764. The Morgan fingerprint density at radius 2 is 2.17 bits per heavy atom. The summed E-state index contributed by atoms with van der Waals surface area (Å²) in [4.78, 5) is 14.3. The third-order valence-electron chi connectivity index (χ3n) is 3.50. The molecule has 2 rings (SSSR count). The van der Waals surface area contributed by atoms with Crippen LogP contribution in [0.4, 0.5) is 4.39 Å². The van der Waals surface area contributed by atoms with E-state index in [1.54, 1.807) is 23.1 Å². The molecule has 0 N–H and O–H groups in total. The molecule has 1 aliphatic rings. The summed E-state index contributed by atoms with van der Waals surface area (Å²) in [5.41, 5.74) is 0. The number of thioether (sulfide) groups is 1. The molecule has 1 fully saturated rings. The summed E-state index contributed by atoms with van der Waals surface area (Å²) >= 11 is 1.27. The van der Waals surface area contributed by atoms with Crippen LogP contribution in [-0.4, -0.2) is 29.6 Å². The number of carbonyl (C=O) groups is 1. The zero-order chi connectivity index (χ0) is 13.1. The summed E-state index contributed by atoms with van der Waals surface area (Å²) in [6.07, 6.45) is 2.44. The van der Waals surface area contributed by atoms with Gasteiger partial charge in [0, 0.05) is 18.0 Å². The van der Waals surface area contributed by atoms with Crippen molar-refractivity contribution in [2.24, 2.45) is 5.92 Å². The number of amides is 1. The smallest absolute Gasteiger partial charge is 0.232 e. The van der Waals surface area contributed by atoms with Gasteiger partial charge in [0.2, 0.25) is 5.91 Å². The predicted octanol–water partition coefficient (Wildman–Crippen LogP) is 3.17. The third-order valence-corrected chi connectivity index (χ3v) is 4.53. The zero-order valence-corrected chi connectivity index (χ0v) is 11.5. The molecule has 1 aliphatic carbocycles. The highest BCUT2D eigenvalue weighted by molar-refractivity contribution is 8.00. The topological polar surface area (TPSA) is 20.3 Å². The number of halogens is 1. The van der Waals surface area contributed by atoms with Crippen molar-refractivity contribution < 1.29 is 9.18 Å². The SMILES string of the molecule is CC(C1CC1)N(C)C(=O)CSc1ccccc1F. The Kier molecular flexibility index (Phi) is 4.27. The van der Waals surface area contributed by atoms with Gasteiger partial charge in [0.15, 0.2) is 0 Å². The van der Waals surface area contributed by atoms with Crippen LogP contribution >= 0.6 is 11.8 Å². The van der Waals surface area contributed by atoms with E-state index in [9.17, 15) is 9.18 Å². The standard InChI is InChI=1S/C14H18FNOS/c1-10(11-7-8-11)16(2)14(17)9-18-13-6-4-3-5-12(13)15/h3-6,10-11H,7-9H2,1-2H3. The summed E-state index contributed by atoms with van der Waals surface area (Å²) in [5.74, 6) is 0.780. The van der Waals surface area contributed by atoms with Crippen molar-refractivity contribution in [3.05, 3.63) is 30.1 Å². The van der Waals surface area contributed by atoms with Gasteiger partial charge in [0.1, 0.15) is 5.82 Å². The van der Waals surface area contributed by atoms with Crippen LogP contribution in [0, 0.1) is 11.7 Å². The van der Waals surface area contributed by atoms with Crippen LogP contribution in [0.3, 0.4) is 0 Å². The first-order chi connectivity index (χ1) is 8.59. The van der Waals surface area contributed by atoms with Gasteiger partial charge in [-0.05, 0) is 37.8 Å². The Morgan fingerprint density at radius 1 is 1.50 bits per heavy atom. The van der Waals surface area contributed by atoms with Crippen LogP contribution in [-0.2, 0) is 4.79 Å². The van der Waals surface area contributed by atoms with Crippen molar-refractivity contribution in [1.82, 2.24) is 4.90 Å². The molecule has 2 nitrogen and oxygen atoms in total. The van der Waals surface area contributed by atoms with E-state index in [1.165, 1.54) is 30.7 Å². The molecule has 0 heterocycles. The van der Waals surface area contributed by atoms with Crippen molar-refractivity contribution in [1.29, 1.82) is 0 Å². The number of hydrogen-bond acceptors (Lipinski definition) is 2.